The molecule has 1 atom stereocenters. The Morgan fingerprint density at radius 3 is 2.96 bits per heavy atom. The molecule has 0 unspecified atom stereocenters. The van der Waals surface area contributed by atoms with Crippen molar-refractivity contribution in [3.05, 3.63) is 29.3 Å². The molecule has 0 radical (unpaired) electrons. The molecule has 2 aliphatic rings. The number of benzene rings is 1. The molecule has 0 aromatic heterocycles. The van der Waals surface area contributed by atoms with Gasteiger partial charge in [0.15, 0.2) is 0 Å². The molecule has 1 fully saturated rings. The van der Waals surface area contributed by atoms with E-state index in [-0.39, 0.29) is 12.3 Å². The van der Waals surface area contributed by atoms with Gasteiger partial charge in [-0.1, -0.05) is 12.1 Å². The molecule has 0 bridgehead atoms. The maximum Gasteiger partial charge on any atom is 0.324 e. The van der Waals surface area contributed by atoms with Gasteiger partial charge in [0.05, 0.1) is 12.4 Å². The van der Waals surface area contributed by atoms with Gasteiger partial charge in [0, 0.05) is 13.0 Å². The number of fused-ring (bicyclic) bond motifs is 1. The van der Waals surface area contributed by atoms with Gasteiger partial charge < -0.3 is 9.84 Å². The third kappa shape index (κ3) is 2.95. The van der Waals surface area contributed by atoms with E-state index in [0.717, 1.165) is 23.3 Å². The van der Waals surface area contributed by atoms with Crippen molar-refractivity contribution in [1.82, 2.24) is 4.31 Å². The van der Waals surface area contributed by atoms with E-state index in [4.69, 9.17) is 4.74 Å². The summed E-state index contributed by atoms with van der Waals surface area (Å²) >= 11 is 0. The zero-order valence-corrected chi connectivity index (χ0v) is 13.9. The van der Waals surface area contributed by atoms with Crippen LogP contribution in [0.3, 0.4) is 0 Å². The van der Waals surface area contributed by atoms with Gasteiger partial charge in [-0.25, -0.2) is 8.42 Å². The first-order valence-corrected chi connectivity index (χ1v) is 9.42. The molecule has 3 rings (SSSR count). The van der Waals surface area contributed by atoms with Crippen molar-refractivity contribution >= 4 is 16.0 Å². The van der Waals surface area contributed by atoms with Gasteiger partial charge in [-0.2, -0.15) is 4.31 Å². The van der Waals surface area contributed by atoms with Crippen molar-refractivity contribution in [2.24, 2.45) is 0 Å². The maximum atomic E-state index is 12.6. The molecule has 7 heteroatoms. The van der Waals surface area contributed by atoms with Crippen LogP contribution < -0.4 is 4.74 Å². The minimum absolute atomic E-state index is 0.0739. The van der Waals surface area contributed by atoms with Crippen LogP contribution in [0.4, 0.5) is 0 Å². The largest absolute Gasteiger partial charge is 0.493 e. The highest BCUT2D eigenvalue weighted by Crippen LogP contribution is 2.32. The third-order valence-electron chi connectivity index (χ3n) is 4.77. The summed E-state index contributed by atoms with van der Waals surface area (Å²) < 4.78 is 31.8. The van der Waals surface area contributed by atoms with E-state index in [0.29, 0.717) is 25.9 Å². The van der Waals surface area contributed by atoms with Crippen molar-refractivity contribution in [3.8, 4) is 5.75 Å². The van der Waals surface area contributed by atoms with E-state index in [9.17, 15) is 18.3 Å². The highest BCUT2D eigenvalue weighted by Gasteiger charge is 2.48. The number of rotatable bonds is 5. The summed E-state index contributed by atoms with van der Waals surface area (Å²) in [4.78, 5) is 11.5. The number of hydrogen-bond acceptors (Lipinski definition) is 4. The SMILES string of the molecule is C[C@]1(C(=O)O)CCCN1S(=O)(=O)CCc1ccc2c(c1)CCO2. The molecule has 2 aliphatic heterocycles. The number of nitrogens with zero attached hydrogens (tertiary/aromatic N) is 1. The number of hydrogen-bond donors (Lipinski definition) is 1. The molecule has 126 valence electrons. The van der Waals surface area contributed by atoms with Crippen LogP contribution in [-0.2, 0) is 27.7 Å². The Morgan fingerprint density at radius 1 is 1.43 bits per heavy atom. The number of carbonyl (C=O) groups is 1. The van der Waals surface area contributed by atoms with Gasteiger partial charge in [0.25, 0.3) is 0 Å². The predicted octanol–water partition coefficient (Wildman–Crippen LogP) is 1.43. The fourth-order valence-electron chi connectivity index (χ4n) is 3.35. The van der Waals surface area contributed by atoms with Gasteiger partial charge in [0.1, 0.15) is 11.3 Å². The standard InChI is InChI=1S/C16H21NO5S/c1-16(15(18)19)7-2-8-17(16)23(20,21)10-6-12-3-4-14-13(11-12)5-9-22-14/h3-4,11H,2,5-10H2,1H3,(H,18,19)/t16-/m1/s1. The van der Waals surface area contributed by atoms with Crippen molar-refractivity contribution in [1.29, 1.82) is 0 Å². The lowest BCUT2D eigenvalue weighted by molar-refractivity contribution is -0.146. The Hall–Kier alpha value is -1.60. The molecule has 0 saturated carbocycles. The first-order chi connectivity index (χ1) is 10.8. The second-order valence-electron chi connectivity index (χ2n) is 6.36. The lowest BCUT2D eigenvalue weighted by Gasteiger charge is -2.30. The van der Waals surface area contributed by atoms with Gasteiger partial charge in [0.2, 0.25) is 10.0 Å². The van der Waals surface area contributed by atoms with E-state index in [2.05, 4.69) is 0 Å². The topological polar surface area (TPSA) is 83.9 Å². The van der Waals surface area contributed by atoms with Crippen LogP contribution in [0.5, 0.6) is 5.75 Å². The van der Waals surface area contributed by atoms with Gasteiger partial charge in [-0.3, -0.25) is 4.79 Å². The highest BCUT2D eigenvalue weighted by molar-refractivity contribution is 7.89. The Bertz CT molecular complexity index is 730. The number of carboxylic acid groups (broad SMARTS) is 1. The van der Waals surface area contributed by atoms with Crippen molar-refractivity contribution < 1.29 is 23.1 Å². The zero-order valence-electron chi connectivity index (χ0n) is 13.1. The van der Waals surface area contributed by atoms with Crippen LogP contribution >= 0.6 is 0 Å². The minimum Gasteiger partial charge on any atom is -0.493 e. The Kier molecular flexibility index (Phi) is 4.10. The molecule has 1 aromatic rings. The van der Waals surface area contributed by atoms with E-state index in [1.807, 2.05) is 18.2 Å². The molecule has 0 aliphatic carbocycles. The number of ether oxygens (including phenoxy) is 1. The van der Waals surface area contributed by atoms with Crippen molar-refractivity contribution in [2.75, 3.05) is 18.9 Å². The first-order valence-electron chi connectivity index (χ1n) is 7.81. The number of aryl methyl sites for hydroxylation is 1. The molecule has 0 spiro atoms. The molecule has 0 amide bonds. The smallest absolute Gasteiger partial charge is 0.324 e. The summed E-state index contributed by atoms with van der Waals surface area (Å²) in [6.45, 7) is 2.44. The molecule has 23 heavy (non-hydrogen) atoms. The number of aliphatic carboxylic acids is 1. The van der Waals surface area contributed by atoms with Crippen LogP contribution in [0.15, 0.2) is 18.2 Å². The van der Waals surface area contributed by atoms with Crippen LogP contribution in [0.2, 0.25) is 0 Å². The molecule has 2 heterocycles. The van der Waals surface area contributed by atoms with Crippen molar-refractivity contribution in [2.45, 2.75) is 38.1 Å². The molecule has 1 aromatic carbocycles. The van der Waals surface area contributed by atoms with Gasteiger partial charge in [-0.05, 0) is 43.4 Å². The quantitative estimate of drug-likeness (QED) is 0.877. The Morgan fingerprint density at radius 2 is 2.22 bits per heavy atom. The minimum atomic E-state index is -3.60. The molecular weight excluding hydrogens is 318 g/mol. The van der Waals surface area contributed by atoms with Crippen LogP contribution in [-0.4, -0.2) is 48.2 Å². The van der Waals surface area contributed by atoms with Crippen LogP contribution in [0, 0.1) is 0 Å². The first kappa shape index (κ1) is 16.3. The summed E-state index contributed by atoms with van der Waals surface area (Å²) in [5, 5.41) is 9.38. The highest BCUT2D eigenvalue weighted by atomic mass is 32.2. The summed E-state index contributed by atoms with van der Waals surface area (Å²) in [7, 11) is -3.60. The zero-order chi connectivity index (χ0) is 16.7. The van der Waals surface area contributed by atoms with Crippen LogP contribution in [0.25, 0.3) is 0 Å². The molecule has 1 N–H and O–H groups in total. The fourth-order valence-corrected chi connectivity index (χ4v) is 5.26. The average molecular weight is 339 g/mol. The normalized spacial score (nSPS) is 24.4. The monoisotopic (exact) mass is 339 g/mol. The number of carboxylic acids is 1. The molecule has 6 nitrogen and oxygen atoms in total. The Balaban J connectivity index is 1.73. The van der Waals surface area contributed by atoms with Crippen molar-refractivity contribution in [3.63, 3.8) is 0 Å². The molecular formula is C16H21NO5S. The van der Waals surface area contributed by atoms with Gasteiger partial charge in [-0.15, -0.1) is 0 Å². The van der Waals surface area contributed by atoms with E-state index < -0.39 is 21.5 Å². The van der Waals surface area contributed by atoms with E-state index >= 15 is 0 Å². The van der Waals surface area contributed by atoms with Crippen LogP contribution in [0.1, 0.15) is 30.9 Å². The Labute approximate surface area is 136 Å². The lowest BCUT2D eigenvalue weighted by Crippen LogP contribution is -2.51. The second-order valence-corrected chi connectivity index (χ2v) is 8.37. The lowest BCUT2D eigenvalue weighted by atomic mass is 10.0. The molecule has 1 saturated heterocycles. The summed E-state index contributed by atoms with van der Waals surface area (Å²) in [5.74, 6) is -0.280. The van der Waals surface area contributed by atoms with E-state index in [1.165, 1.54) is 11.2 Å². The third-order valence-corrected chi connectivity index (χ3v) is 6.75. The summed E-state index contributed by atoms with van der Waals surface area (Å²) in [5.41, 5.74) is 0.732. The average Bonchev–Trinajstić information content (AvgIpc) is 3.12. The fraction of sp³-hybridized carbons (Fsp3) is 0.562. The maximum absolute atomic E-state index is 12.6. The predicted molar refractivity (Wildman–Crippen MR) is 85.1 cm³/mol. The van der Waals surface area contributed by atoms with Gasteiger partial charge >= 0.3 is 5.97 Å². The summed E-state index contributed by atoms with van der Waals surface area (Å²) in [6.07, 6.45) is 2.16. The summed E-state index contributed by atoms with van der Waals surface area (Å²) in [6, 6.07) is 5.74. The second kappa shape index (κ2) is 5.79. The number of sulfonamides is 1. The van der Waals surface area contributed by atoms with E-state index in [1.54, 1.807) is 0 Å².